The lowest BCUT2D eigenvalue weighted by Crippen LogP contribution is -2.08. The van der Waals surface area contributed by atoms with Gasteiger partial charge in [-0.05, 0) is 43.2 Å². The molecule has 1 heterocycles. The fourth-order valence-electron chi connectivity index (χ4n) is 2.40. The van der Waals surface area contributed by atoms with Gasteiger partial charge in [0.2, 0.25) is 0 Å². The number of para-hydroxylation sites is 1. The molecule has 0 atom stereocenters. The normalized spacial score (nSPS) is 10.7. The molecule has 5 nitrogen and oxygen atoms in total. The van der Waals surface area contributed by atoms with Crippen LogP contribution in [-0.2, 0) is 13.2 Å². The van der Waals surface area contributed by atoms with Gasteiger partial charge in [-0.3, -0.25) is 0 Å². The molecule has 3 rings (SSSR count). The van der Waals surface area contributed by atoms with Crippen LogP contribution in [0.4, 0.5) is 0 Å². The van der Waals surface area contributed by atoms with Crippen LogP contribution in [0.3, 0.4) is 0 Å². The van der Waals surface area contributed by atoms with Gasteiger partial charge in [-0.25, -0.2) is 4.68 Å². The van der Waals surface area contributed by atoms with Gasteiger partial charge in [0.1, 0.15) is 23.7 Å². The Morgan fingerprint density at radius 1 is 1.04 bits per heavy atom. The lowest BCUT2D eigenvalue weighted by molar-refractivity contribution is 0.262. The topological polar surface area (TPSA) is 60.2 Å². The lowest BCUT2D eigenvalue weighted by Gasteiger charge is -2.12. The first kappa shape index (κ1) is 15.2. The third-order valence-electron chi connectivity index (χ3n) is 3.91. The summed E-state index contributed by atoms with van der Waals surface area (Å²) in [6, 6.07) is 15.7. The van der Waals surface area contributed by atoms with Crippen LogP contribution in [0.5, 0.6) is 5.75 Å². The lowest BCUT2D eigenvalue weighted by atomic mass is 10.1. The molecule has 0 amide bonds. The molecule has 5 heteroatoms. The van der Waals surface area contributed by atoms with Gasteiger partial charge < -0.3 is 9.84 Å². The number of hydrogen-bond acceptors (Lipinski definition) is 4. The van der Waals surface area contributed by atoms with Crippen LogP contribution in [0.2, 0.25) is 0 Å². The van der Waals surface area contributed by atoms with Crippen LogP contribution in [-0.4, -0.2) is 20.1 Å². The van der Waals surface area contributed by atoms with Gasteiger partial charge in [0, 0.05) is 0 Å². The van der Waals surface area contributed by atoms with Crippen molar-refractivity contribution < 1.29 is 9.84 Å². The molecule has 3 aromatic rings. The largest absolute Gasteiger partial charge is 0.487 e. The summed E-state index contributed by atoms with van der Waals surface area (Å²) in [5.74, 6) is 0.828. The summed E-state index contributed by atoms with van der Waals surface area (Å²) >= 11 is 0. The van der Waals surface area contributed by atoms with Crippen LogP contribution in [0.25, 0.3) is 5.69 Å². The monoisotopic (exact) mass is 309 g/mol. The number of hydrogen-bond donors (Lipinski definition) is 1. The smallest absolute Gasteiger partial charge is 0.132 e. The van der Waals surface area contributed by atoms with Crippen LogP contribution in [0.1, 0.15) is 22.5 Å². The quantitative estimate of drug-likeness (QED) is 0.787. The number of benzene rings is 2. The molecule has 0 spiro atoms. The van der Waals surface area contributed by atoms with E-state index in [2.05, 4.69) is 23.3 Å². The third kappa shape index (κ3) is 3.10. The van der Waals surface area contributed by atoms with Gasteiger partial charge >= 0.3 is 0 Å². The molecule has 0 aliphatic rings. The molecule has 0 saturated carbocycles. The Bertz CT molecular complexity index is 797. The molecule has 0 bridgehead atoms. The van der Waals surface area contributed by atoms with Gasteiger partial charge in [-0.15, -0.1) is 5.10 Å². The first-order valence-corrected chi connectivity index (χ1v) is 7.49. The maximum atomic E-state index is 9.50. The first-order valence-electron chi connectivity index (χ1n) is 7.49. The fraction of sp³-hybridized carbons (Fsp3) is 0.222. The average molecular weight is 309 g/mol. The highest BCUT2D eigenvalue weighted by Gasteiger charge is 2.15. The van der Waals surface area contributed by atoms with E-state index in [0.717, 1.165) is 22.7 Å². The zero-order chi connectivity index (χ0) is 16.2. The number of nitrogens with zero attached hydrogens (tertiary/aromatic N) is 3. The SMILES string of the molecule is Cc1cccc(OCc2c(CO)nnn2-c2ccccc2)c1C. The Morgan fingerprint density at radius 3 is 2.57 bits per heavy atom. The zero-order valence-corrected chi connectivity index (χ0v) is 13.2. The molecule has 0 fully saturated rings. The Morgan fingerprint density at radius 2 is 1.83 bits per heavy atom. The van der Waals surface area contributed by atoms with Crippen molar-refractivity contribution in [3.05, 3.63) is 71.0 Å². The maximum absolute atomic E-state index is 9.50. The molecule has 1 N–H and O–H groups in total. The van der Waals surface area contributed by atoms with Crippen molar-refractivity contribution in [2.24, 2.45) is 0 Å². The number of aliphatic hydroxyl groups is 1. The van der Waals surface area contributed by atoms with Gasteiger partial charge in [-0.1, -0.05) is 35.5 Å². The number of ether oxygens (including phenoxy) is 1. The van der Waals surface area contributed by atoms with Crippen LogP contribution >= 0.6 is 0 Å². The van der Waals surface area contributed by atoms with Crippen molar-refractivity contribution in [3.63, 3.8) is 0 Å². The molecule has 0 radical (unpaired) electrons. The van der Waals surface area contributed by atoms with E-state index in [1.807, 2.05) is 49.4 Å². The van der Waals surface area contributed by atoms with Crippen molar-refractivity contribution in [1.29, 1.82) is 0 Å². The molecule has 118 valence electrons. The van der Waals surface area contributed by atoms with Crippen molar-refractivity contribution in [1.82, 2.24) is 15.0 Å². The Kier molecular flexibility index (Phi) is 4.39. The minimum atomic E-state index is -0.168. The molecule has 1 aromatic heterocycles. The van der Waals surface area contributed by atoms with Crippen LogP contribution < -0.4 is 4.74 Å². The number of aromatic nitrogens is 3. The molecular formula is C18H19N3O2. The predicted molar refractivity (Wildman–Crippen MR) is 87.5 cm³/mol. The summed E-state index contributed by atoms with van der Waals surface area (Å²) in [6.07, 6.45) is 0. The third-order valence-corrected chi connectivity index (χ3v) is 3.91. The van der Waals surface area contributed by atoms with Crippen LogP contribution in [0.15, 0.2) is 48.5 Å². The van der Waals surface area contributed by atoms with Crippen molar-refractivity contribution in [2.75, 3.05) is 0 Å². The van der Waals surface area contributed by atoms with Gasteiger partial charge in [-0.2, -0.15) is 0 Å². The average Bonchev–Trinajstić information content (AvgIpc) is 3.00. The van der Waals surface area contributed by atoms with Gasteiger partial charge in [0.25, 0.3) is 0 Å². The van der Waals surface area contributed by atoms with Gasteiger partial charge in [0.05, 0.1) is 12.3 Å². The Labute approximate surface area is 135 Å². The number of aryl methyl sites for hydroxylation is 1. The van der Waals surface area contributed by atoms with E-state index in [4.69, 9.17) is 4.74 Å². The van der Waals surface area contributed by atoms with E-state index in [1.165, 1.54) is 5.56 Å². The molecule has 0 saturated heterocycles. The molecule has 23 heavy (non-hydrogen) atoms. The van der Waals surface area contributed by atoms with E-state index in [-0.39, 0.29) is 6.61 Å². The van der Waals surface area contributed by atoms with Crippen molar-refractivity contribution in [3.8, 4) is 11.4 Å². The standard InChI is InChI=1S/C18H19N3O2/c1-13-7-6-10-18(14(13)2)23-12-17-16(11-22)19-20-21(17)15-8-4-3-5-9-15/h3-10,22H,11-12H2,1-2H3. The highest BCUT2D eigenvalue weighted by Crippen LogP contribution is 2.23. The van der Waals surface area contributed by atoms with Crippen molar-refractivity contribution in [2.45, 2.75) is 27.1 Å². The summed E-state index contributed by atoms with van der Waals surface area (Å²) in [6.45, 7) is 4.21. The molecular weight excluding hydrogens is 290 g/mol. The predicted octanol–water partition coefficient (Wildman–Crippen LogP) is 2.96. The summed E-state index contributed by atoms with van der Waals surface area (Å²) in [5.41, 5.74) is 4.45. The molecule has 0 unspecified atom stereocenters. The Hall–Kier alpha value is -2.66. The van der Waals surface area contributed by atoms with Crippen LogP contribution in [0, 0.1) is 13.8 Å². The fourth-order valence-corrected chi connectivity index (χ4v) is 2.40. The summed E-state index contributed by atoms with van der Waals surface area (Å²) < 4.78 is 7.66. The zero-order valence-electron chi connectivity index (χ0n) is 13.2. The second-order valence-electron chi connectivity index (χ2n) is 5.38. The highest BCUT2D eigenvalue weighted by atomic mass is 16.5. The second-order valence-corrected chi connectivity index (χ2v) is 5.38. The van der Waals surface area contributed by atoms with E-state index in [9.17, 15) is 5.11 Å². The minimum Gasteiger partial charge on any atom is -0.487 e. The van der Waals surface area contributed by atoms with E-state index >= 15 is 0 Å². The minimum absolute atomic E-state index is 0.168. The summed E-state index contributed by atoms with van der Waals surface area (Å²) in [7, 11) is 0. The molecule has 0 aliphatic heterocycles. The van der Waals surface area contributed by atoms with Crippen molar-refractivity contribution >= 4 is 0 Å². The van der Waals surface area contributed by atoms with E-state index < -0.39 is 0 Å². The summed E-state index contributed by atoms with van der Waals surface area (Å²) in [5, 5.41) is 17.7. The van der Waals surface area contributed by atoms with E-state index in [0.29, 0.717) is 12.3 Å². The summed E-state index contributed by atoms with van der Waals surface area (Å²) in [4.78, 5) is 0. The molecule has 0 aliphatic carbocycles. The second kappa shape index (κ2) is 6.62. The van der Waals surface area contributed by atoms with Gasteiger partial charge in [0.15, 0.2) is 0 Å². The first-order chi connectivity index (χ1) is 11.2. The van der Waals surface area contributed by atoms with E-state index in [1.54, 1.807) is 4.68 Å². The number of aliphatic hydroxyl groups excluding tert-OH is 1. The molecule has 2 aromatic carbocycles. The Balaban J connectivity index is 1.90. The highest BCUT2D eigenvalue weighted by molar-refractivity contribution is 5.38. The number of rotatable bonds is 5. The maximum Gasteiger partial charge on any atom is 0.132 e.